The lowest BCUT2D eigenvalue weighted by Gasteiger charge is -2.11. The van der Waals surface area contributed by atoms with Crippen LogP contribution in [0, 0.1) is 5.92 Å². The number of para-hydroxylation sites is 2. The number of hydrogen-bond donors (Lipinski definition) is 0. The summed E-state index contributed by atoms with van der Waals surface area (Å²) in [6, 6.07) is 16.4. The molecule has 0 atom stereocenters. The molecule has 0 saturated heterocycles. The minimum Gasteiger partial charge on any atom is -0.395 e. The van der Waals surface area contributed by atoms with Gasteiger partial charge in [0.15, 0.2) is 0 Å². The van der Waals surface area contributed by atoms with Gasteiger partial charge in [0.05, 0.1) is 0 Å². The molecule has 0 aliphatic carbocycles. The molecule has 0 N–H and O–H groups in total. The zero-order valence-electron chi connectivity index (χ0n) is 11.7. The Balaban J connectivity index is 2.04. The van der Waals surface area contributed by atoms with Crippen LogP contribution in [0.15, 0.2) is 54.6 Å². The summed E-state index contributed by atoms with van der Waals surface area (Å²) in [5.41, 5.74) is 1.01. The van der Waals surface area contributed by atoms with Gasteiger partial charge in [0.1, 0.15) is 11.5 Å². The molecule has 2 rings (SSSR count). The Morgan fingerprint density at radius 1 is 0.950 bits per heavy atom. The van der Waals surface area contributed by atoms with Crippen LogP contribution in [0.5, 0.6) is 11.5 Å². The van der Waals surface area contributed by atoms with Gasteiger partial charge in [0.2, 0.25) is 0 Å². The standard InChI is InChI=1S/C17H18O3/c1-13(2)12-14-8-6-7-11-16(14)20-17(18)19-15-9-4-3-5-10-15/h3-11,13H,12H2,1-2H3. The summed E-state index contributed by atoms with van der Waals surface area (Å²) in [5, 5.41) is 0. The predicted molar refractivity (Wildman–Crippen MR) is 78.1 cm³/mol. The Kier molecular flexibility index (Phi) is 4.77. The van der Waals surface area contributed by atoms with E-state index in [1.807, 2.05) is 24.3 Å². The summed E-state index contributed by atoms with van der Waals surface area (Å²) in [4.78, 5) is 11.8. The molecule has 0 radical (unpaired) electrons. The maximum atomic E-state index is 11.8. The van der Waals surface area contributed by atoms with E-state index in [2.05, 4.69) is 13.8 Å². The van der Waals surface area contributed by atoms with E-state index in [0.717, 1.165) is 12.0 Å². The molecule has 0 heterocycles. The summed E-state index contributed by atoms with van der Waals surface area (Å²) >= 11 is 0. The Morgan fingerprint density at radius 2 is 1.60 bits per heavy atom. The largest absolute Gasteiger partial charge is 0.519 e. The van der Waals surface area contributed by atoms with Crippen LogP contribution in [0.1, 0.15) is 19.4 Å². The molecule has 2 aromatic rings. The van der Waals surface area contributed by atoms with E-state index < -0.39 is 6.16 Å². The molecular formula is C17H18O3. The first-order valence-electron chi connectivity index (χ1n) is 6.68. The van der Waals surface area contributed by atoms with Crippen molar-refractivity contribution in [2.24, 2.45) is 5.92 Å². The molecule has 0 unspecified atom stereocenters. The molecule has 0 fully saturated rings. The zero-order valence-corrected chi connectivity index (χ0v) is 11.7. The second kappa shape index (κ2) is 6.75. The second-order valence-corrected chi connectivity index (χ2v) is 4.97. The Bertz CT molecular complexity index is 561. The zero-order chi connectivity index (χ0) is 14.4. The highest BCUT2D eigenvalue weighted by molar-refractivity contribution is 5.67. The molecule has 104 valence electrons. The summed E-state index contributed by atoms with van der Waals surface area (Å²) in [5.74, 6) is 1.52. The molecule has 0 aliphatic rings. The van der Waals surface area contributed by atoms with Crippen molar-refractivity contribution in [2.45, 2.75) is 20.3 Å². The number of benzene rings is 2. The van der Waals surface area contributed by atoms with Crippen molar-refractivity contribution in [1.82, 2.24) is 0 Å². The number of carbonyl (C=O) groups excluding carboxylic acids is 1. The highest BCUT2D eigenvalue weighted by Crippen LogP contribution is 2.22. The van der Waals surface area contributed by atoms with Crippen LogP contribution < -0.4 is 9.47 Å². The van der Waals surface area contributed by atoms with Crippen molar-refractivity contribution in [3.63, 3.8) is 0 Å². The van der Waals surface area contributed by atoms with E-state index in [0.29, 0.717) is 17.4 Å². The van der Waals surface area contributed by atoms with Crippen LogP contribution in [0.25, 0.3) is 0 Å². The summed E-state index contributed by atoms with van der Waals surface area (Å²) in [6.07, 6.45) is 0.141. The third-order valence-corrected chi connectivity index (χ3v) is 2.74. The van der Waals surface area contributed by atoms with Crippen LogP contribution in [-0.2, 0) is 6.42 Å². The van der Waals surface area contributed by atoms with E-state index in [9.17, 15) is 4.79 Å². The number of carbonyl (C=O) groups is 1. The fraction of sp³-hybridized carbons (Fsp3) is 0.235. The first-order valence-corrected chi connectivity index (χ1v) is 6.68. The minimum absolute atomic E-state index is 0.471. The van der Waals surface area contributed by atoms with Crippen molar-refractivity contribution in [3.8, 4) is 11.5 Å². The van der Waals surface area contributed by atoms with Crippen LogP contribution in [0.2, 0.25) is 0 Å². The number of hydrogen-bond acceptors (Lipinski definition) is 3. The molecule has 2 aromatic carbocycles. The van der Waals surface area contributed by atoms with Crippen molar-refractivity contribution >= 4 is 6.16 Å². The van der Waals surface area contributed by atoms with E-state index >= 15 is 0 Å². The van der Waals surface area contributed by atoms with Crippen LogP contribution in [0.4, 0.5) is 4.79 Å². The molecule has 3 heteroatoms. The molecule has 3 nitrogen and oxygen atoms in total. The quantitative estimate of drug-likeness (QED) is 0.607. The van der Waals surface area contributed by atoms with Crippen molar-refractivity contribution < 1.29 is 14.3 Å². The van der Waals surface area contributed by atoms with Crippen molar-refractivity contribution in [2.75, 3.05) is 0 Å². The van der Waals surface area contributed by atoms with Gasteiger partial charge in [-0.05, 0) is 36.1 Å². The predicted octanol–water partition coefficient (Wildman–Crippen LogP) is 4.46. The van der Waals surface area contributed by atoms with Crippen LogP contribution in [-0.4, -0.2) is 6.16 Å². The topological polar surface area (TPSA) is 35.5 Å². The Hall–Kier alpha value is -2.29. The first kappa shape index (κ1) is 14.1. The van der Waals surface area contributed by atoms with Gasteiger partial charge in [0, 0.05) is 0 Å². The van der Waals surface area contributed by atoms with Gasteiger partial charge in [-0.25, -0.2) is 4.79 Å². The van der Waals surface area contributed by atoms with Gasteiger partial charge in [-0.1, -0.05) is 50.2 Å². The Labute approximate surface area is 119 Å². The van der Waals surface area contributed by atoms with Gasteiger partial charge in [-0.15, -0.1) is 0 Å². The molecule has 0 spiro atoms. The maximum Gasteiger partial charge on any atom is 0.519 e. The third-order valence-electron chi connectivity index (χ3n) is 2.74. The van der Waals surface area contributed by atoms with E-state index in [1.54, 1.807) is 30.3 Å². The monoisotopic (exact) mass is 270 g/mol. The lowest BCUT2D eigenvalue weighted by atomic mass is 10.0. The van der Waals surface area contributed by atoms with Crippen molar-refractivity contribution in [3.05, 3.63) is 60.2 Å². The molecule has 0 aliphatic heterocycles. The fourth-order valence-electron chi connectivity index (χ4n) is 1.91. The lowest BCUT2D eigenvalue weighted by molar-refractivity contribution is 0.151. The minimum atomic E-state index is -0.715. The Morgan fingerprint density at radius 3 is 2.30 bits per heavy atom. The van der Waals surface area contributed by atoms with Crippen LogP contribution >= 0.6 is 0 Å². The summed E-state index contributed by atoms with van der Waals surface area (Å²) in [6.45, 7) is 4.25. The van der Waals surface area contributed by atoms with Gasteiger partial charge in [-0.2, -0.15) is 0 Å². The number of rotatable bonds is 4. The normalized spacial score (nSPS) is 10.3. The van der Waals surface area contributed by atoms with Gasteiger partial charge in [0.25, 0.3) is 0 Å². The average Bonchev–Trinajstić information content (AvgIpc) is 2.41. The van der Waals surface area contributed by atoms with Crippen molar-refractivity contribution in [1.29, 1.82) is 0 Å². The van der Waals surface area contributed by atoms with E-state index in [4.69, 9.17) is 9.47 Å². The van der Waals surface area contributed by atoms with E-state index in [1.165, 1.54) is 0 Å². The van der Waals surface area contributed by atoms with Crippen LogP contribution in [0.3, 0.4) is 0 Å². The maximum absolute atomic E-state index is 11.8. The first-order chi connectivity index (χ1) is 9.65. The fourth-order valence-corrected chi connectivity index (χ4v) is 1.91. The van der Waals surface area contributed by atoms with Gasteiger partial charge in [-0.3, -0.25) is 0 Å². The second-order valence-electron chi connectivity index (χ2n) is 4.97. The molecular weight excluding hydrogens is 252 g/mol. The number of ether oxygens (including phenoxy) is 2. The SMILES string of the molecule is CC(C)Cc1ccccc1OC(=O)Oc1ccccc1. The summed E-state index contributed by atoms with van der Waals surface area (Å²) in [7, 11) is 0. The van der Waals surface area contributed by atoms with Gasteiger partial charge < -0.3 is 9.47 Å². The third kappa shape index (κ3) is 4.12. The molecule has 20 heavy (non-hydrogen) atoms. The molecule has 0 aromatic heterocycles. The average molecular weight is 270 g/mol. The highest BCUT2D eigenvalue weighted by Gasteiger charge is 2.11. The summed E-state index contributed by atoms with van der Waals surface area (Å²) < 4.78 is 10.4. The van der Waals surface area contributed by atoms with Gasteiger partial charge >= 0.3 is 6.16 Å². The smallest absolute Gasteiger partial charge is 0.395 e. The molecule has 0 bridgehead atoms. The lowest BCUT2D eigenvalue weighted by Crippen LogP contribution is -2.15. The molecule has 0 amide bonds. The van der Waals surface area contributed by atoms with E-state index in [-0.39, 0.29) is 0 Å². The molecule has 0 saturated carbocycles. The highest BCUT2D eigenvalue weighted by atomic mass is 16.7.